The first-order valence-electron chi connectivity index (χ1n) is 6.92. The molecule has 2 atom stereocenters. The molecule has 1 saturated heterocycles. The van der Waals surface area contributed by atoms with Gasteiger partial charge >= 0.3 is 0 Å². The summed E-state index contributed by atoms with van der Waals surface area (Å²) in [7, 11) is 0. The molecule has 0 bridgehead atoms. The van der Waals surface area contributed by atoms with Gasteiger partial charge in [-0.15, -0.1) is 0 Å². The number of nitrogens with zero attached hydrogens (tertiary/aromatic N) is 2. The van der Waals surface area contributed by atoms with E-state index in [9.17, 15) is 0 Å². The number of rotatable bonds is 2. The second-order valence-corrected chi connectivity index (χ2v) is 4.91. The number of aromatic nitrogens is 2. The van der Waals surface area contributed by atoms with Crippen molar-refractivity contribution in [2.24, 2.45) is 0 Å². The Kier molecular flexibility index (Phi) is 3.21. The third-order valence-electron chi connectivity index (χ3n) is 3.47. The van der Waals surface area contributed by atoms with E-state index in [1.165, 1.54) is 0 Å². The maximum Gasteiger partial charge on any atom is 0.269 e. The zero-order valence-electron chi connectivity index (χ0n) is 11.3. The molecular formula is C14H15N3O4. The van der Waals surface area contributed by atoms with Gasteiger partial charge in [-0.05, 0) is 12.1 Å². The molecule has 7 nitrogen and oxygen atoms in total. The van der Waals surface area contributed by atoms with E-state index in [1.54, 1.807) is 0 Å². The highest BCUT2D eigenvalue weighted by atomic mass is 16.6. The molecule has 2 aliphatic heterocycles. The molecule has 0 aliphatic carbocycles. The monoisotopic (exact) mass is 289 g/mol. The normalized spacial score (nSPS) is 24.8. The quantitative estimate of drug-likeness (QED) is 0.901. The minimum Gasteiger partial charge on any atom is -0.477 e. The predicted molar refractivity (Wildman–Crippen MR) is 72.1 cm³/mol. The van der Waals surface area contributed by atoms with Gasteiger partial charge in [-0.2, -0.15) is 4.98 Å². The SMILES string of the molecule is c1ccc2c(c1)NCC(c1nc(C3COCCO3)no1)O2. The van der Waals surface area contributed by atoms with Crippen molar-refractivity contribution in [1.29, 1.82) is 0 Å². The zero-order chi connectivity index (χ0) is 14.1. The van der Waals surface area contributed by atoms with E-state index in [1.807, 2.05) is 24.3 Å². The number of anilines is 1. The van der Waals surface area contributed by atoms with Crippen molar-refractivity contribution in [1.82, 2.24) is 10.1 Å². The third-order valence-corrected chi connectivity index (χ3v) is 3.47. The second-order valence-electron chi connectivity index (χ2n) is 4.91. The molecule has 1 fully saturated rings. The number of fused-ring (bicyclic) bond motifs is 1. The van der Waals surface area contributed by atoms with E-state index >= 15 is 0 Å². The maximum absolute atomic E-state index is 5.89. The number of nitrogens with one attached hydrogen (secondary N) is 1. The molecule has 2 aliphatic rings. The summed E-state index contributed by atoms with van der Waals surface area (Å²) in [5.41, 5.74) is 0.970. The Labute approximate surface area is 121 Å². The number of para-hydroxylation sites is 2. The van der Waals surface area contributed by atoms with Gasteiger partial charge in [-0.25, -0.2) is 0 Å². The third kappa shape index (κ3) is 2.45. The van der Waals surface area contributed by atoms with Crippen molar-refractivity contribution >= 4 is 5.69 Å². The van der Waals surface area contributed by atoms with Gasteiger partial charge in [0.15, 0.2) is 6.10 Å². The van der Waals surface area contributed by atoms with Crippen LogP contribution in [0.1, 0.15) is 23.9 Å². The lowest BCUT2D eigenvalue weighted by Gasteiger charge is -2.24. The highest BCUT2D eigenvalue weighted by Gasteiger charge is 2.28. The van der Waals surface area contributed by atoms with E-state index in [2.05, 4.69) is 15.5 Å². The molecule has 2 unspecified atom stereocenters. The Hall–Kier alpha value is -2.12. The molecule has 1 N–H and O–H groups in total. The summed E-state index contributed by atoms with van der Waals surface area (Å²) in [5.74, 6) is 1.74. The Morgan fingerprint density at radius 1 is 1.14 bits per heavy atom. The summed E-state index contributed by atoms with van der Waals surface area (Å²) >= 11 is 0. The van der Waals surface area contributed by atoms with E-state index < -0.39 is 0 Å². The number of ether oxygens (including phenoxy) is 3. The fraction of sp³-hybridized carbons (Fsp3) is 0.429. The van der Waals surface area contributed by atoms with Crippen LogP contribution in [0.3, 0.4) is 0 Å². The van der Waals surface area contributed by atoms with Crippen molar-refractivity contribution in [3.63, 3.8) is 0 Å². The lowest BCUT2D eigenvalue weighted by molar-refractivity contribution is -0.0941. The molecular weight excluding hydrogens is 274 g/mol. The fourth-order valence-electron chi connectivity index (χ4n) is 2.40. The van der Waals surface area contributed by atoms with Crippen molar-refractivity contribution in [3.05, 3.63) is 36.0 Å². The minimum absolute atomic E-state index is 0.264. The summed E-state index contributed by atoms with van der Waals surface area (Å²) in [4.78, 5) is 4.38. The Balaban J connectivity index is 1.51. The first-order valence-corrected chi connectivity index (χ1v) is 6.92. The Bertz CT molecular complexity index is 624. The van der Waals surface area contributed by atoms with Gasteiger partial charge in [0.05, 0.1) is 32.1 Å². The molecule has 1 aromatic heterocycles. The van der Waals surface area contributed by atoms with E-state index in [0.29, 0.717) is 38.1 Å². The van der Waals surface area contributed by atoms with Gasteiger partial charge in [0, 0.05) is 0 Å². The van der Waals surface area contributed by atoms with Crippen LogP contribution in [0, 0.1) is 0 Å². The molecule has 2 aromatic rings. The van der Waals surface area contributed by atoms with Crippen LogP contribution in [0.5, 0.6) is 5.75 Å². The molecule has 0 radical (unpaired) electrons. The van der Waals surface area contributed by atoms with Crippen molar-refractivity contribution in [2.75, 3.05) is 31.7 Å². The number of benzene rings is 1. The average Bonchev–Trinajstić information content (AvgIpc) is 3.05. The lowest BCUT2D eigenvalue weighted by atomic mass is 10.2. The van der Waals surface area contributed by atoms with Crippen LogP contribution in [0.2, 0.25) is 0 Å². The predicted octanol–water partition coefficient (Wildman–Crippen LogP) is 1.70. The fourth-order valence-corrected chi connectivity index (χ4v) is 2.40. The summed E-state index contributed by atoms with van der Waals surface area (Å²) in [6, 6.07) is 7.76. The van der Waals surface area contributed by atoms with Crippen LogP contribution in [-0.2, 0) is 9.47 Å². The molecule has 110 valence electrons. The highest BCUT2D eigenvalue weighted by Crippen LogP contribution is 2.33. The van der Waals surface area contributed by atoms with Gasteiger partial charge in [0.2, 0.25) is 5.82 Å². The maximum atomic E-state index is 5.89. The van der Waals surface area contributed by atoms with Crippen LogP contribution in [0.25, 0.3) is 0 Å². The molecule has 7 heteroatoms. The molecule has 0 saturated carbocycles. The Morgan fingerprint density at radius 2 is 2.10 bits per heavy atom. The summed E-state index contributed by atoms with van der Waals surface area (Å²) in [5, 5.41) is 7.26. The number of hydrogen-bond acceptors (Lipinski definition) is 7. The Morgan fingerprint density at radius 3 is 3.00 bits per heavy atom. The second kappa shape index (κ2) is 5.34. The minimum atomic E-state index is -0.300. The topological polar surface area (TPSA) is 78.6 Å². The zero-order valence-corrected chi connectivity index (χ0v) is 11.3. The van der Waals surface area contributed by atoms with Gasteiger partial charge in [0.25, 0.3) is 5.89 Å². The van der Waals surface area contributed by atoms with Crippen LogP contribution in [0.15, 0.2) is 28.8 Å². The summed E-state index contributed by atoms with van der Waals surface area (Å²) < 4.78 is 22.1. The van der Waals surface area contributed by atoms with Crippen molar-refractivity contribution in [2.45, 2.75) is 12.2 Å². The lowest BCUT2D eigenvalue weighted by Crippen LogP contribution is -2.24. The molecule has 0 spiro atoms. The highest BCUT2D eigenvalue weighted by molar-refractivity contribution is 5.57. The first-order chi connectivity index (χ1) is 10.4. The van der Waals surface area contributed by atoms with Crippen LogP contribution in [-0.4, -0.2) is 36.5 Å². The van der Waals surface area contributed by atoms with E-state index in [4.69, 9.17) is 18.7 Å². The largest absolute Gasteiger partial charge is 0.477 e. The molecule has 21 heavy (non-hydrogen) atoms. The molecule has 1 aromatic carbocycles. The van der Waals surface area contributed by atoms with Crippen molar-refractivity contribution < 1.29 is 18.7 Å². The first kappa shape index (κ1) is 12.6. The molecule has 3 heterocycles. The number of hydrogen-bond donors (Lipinski definition) is 1. The van der Waals surface area contributed by atoms with Crippen LogP contribution < -0.4 is 10.1 Å². The van der Waals surface area contributed by atoms with Crippen LogP contribution in [0.4, 0.5) is 5.69 Å². The smallest absolute Gasteiger partial charge is 0.269 e. The van der Waals surface area contributed by atoms with Crippen molar-refractivity contribution in [3.8, 4) is 5.75 Å². The van der Waals surface area contributed by atoms with E-state index in [0.717, 1.165) is 11.4 Å². The van der Waals surface area contributed by atoms with Gasteiger partial charge in [0.1, 0.15) is 11.9 Å². The molecule has 0 amide bonds. The summed E-state index contributed by atoms with van der Waals surface area (Å²) in [6.07, 6.45) is -0.564. The summed E-state index contributed by atoms with van der Waals surface area (Å²) in [6.45, 7) is 2.18. The average molecular weight is 289 g/mol. The van der Waals surface area contributed by atoms with Gasteiger partial charge < -0.3 is 24.1 Å². The van der Waals surface area contributed by atoms with Crippen LogP contribution >= 0.6 is 0 Å². The van der Waals surface area contributed by atoms with Gasteiger partial charge in [-0.1, -0.05) is 17.3 Å². The van der Waals surface area contributed by atoms with E-state index in [-0.39, 0.29) is 12.2 Å². The van der Waals surface area contributed by atoms with Gasteiger partial charge in [-0.3, -0.25) is 0 Å². The standard InChI is InChI=1S/C14H15N3O4/c1-2-4-10-9(3-1)15-7-11(20-10)14-16-13(17-21-14)12-8-18-5-6-19-12/h1-4,11-12,15H,5-8H2. The molecule has 4 rings (SSSR count).